The first-order valence-electron chi connectivity index (χ1n) is 6.87. The Bertz CT molecular complexity index is 528. The summed E-state index contributed by atoms with van der Waals surface area (Å²) in [7, 11) is -4.00. The molecule has 118 valence electrons. The SMILES string of the molecule is CCC(c1ccccc1CCCP(=O)(O)O)C(N)C(=O)O. The molecule has 0 amide bonds. The third kappa shape index (κ3) is 5.59. The quantitative estimate of drug-likeness (QED) is 0.542. The number of benzene rings is 1. The maximum absolute atomic E-state index is 11.1. The first-order chi connectivity index (χ1) is 9.76. The van der Waals surface area contributed by atoms with E-state index in [0.29, 0.717) is 19.3 Å². The van der Waals surface area contributed by atoms with Crippen LogP contribution in [0.2, 0.25) is 0 Å². The molecule has 1 aromatic carbocycles. The Morgan fingerprint density at radius 3 is 2.48 bits per heavy atom. The topological polar surface area (TPSA) is 121 Å². The van der Waals surface area contributed by atoms with E-state index in [4.69, 9.17) is 20.6 Å². The molecule has 0 aliphatic rings. The van der Waals surface area contributed by atoms with Gasteiger partial charge in [0.2, 0.25) is 0 Å². The Hall–Kier alpha value is -1.20. The second kappa shape index (κ2) is 7.71. The molecule has 0 aliphatic heterocycles. The molecule has 1 aromatic rings. The van der Waals surface area contributed by atoms with Crippen molar-refractivity contribution < 1.29 is 24.3 Å². The van der Waals surface area contributed by atoms with E-state index in [1.54, 1.807) is 0 Å². The monoisotopic (exact) mass is 315 g/mol. The number of hydrogen-bond acceptors (Lipinski definition) is 3. The second-order valence-corrected chi connectivity index (χ2v) is 6.85. The molecule has 0 radical (unpaired) electrons. The van der Waals surface area contributed by atoms with E-state index in [2.05, 4.69) is 0 Å². The summed E-state index contributed by atoms with van der Waals surface area (Å²) in [6.07, 6.45) is 1.25. The van der Waals surface area contributed by atoms with Crippen LogP contribution in [0.1, 0.15) is 36.8 Å². The molecule has 0 aliphatic carbocycles. The van der Waals surface area contributed by atoms with Crippen LogP contribution in [0.5, 0.6) is 0 Å². The zero-order valence-electron chi connectivity index (χ0n) is 12.0. The molecule has 1 rings (SSSR count). The number of carboxylic acids is 1. The van der Waals surface area contributed by atoms with Crippen molar-refractivity contribution >= 4 is 13.6 Å². The number of aliphatic carboxylic acids is 1. The number of carboxylic acid groups (broad SMARTS) is 1. The Balaban J connectivity index is 2.92. The maximum atomic E-state index is 11.1. The van der Waals surface area contributed by atoms with Gasteiger partial charge in [0.15, 0.2) is 0 Å². The predicted octanol–water partition coefficient (Wildman–Crippen LogP) is 1.70. The number of carbonyl (C=O) groups is 1. The van der Waals surface area contributed by atoms with Crippen LogP contribution in [0, 0.1) is 0 Å². The minimum absolute atomic E-state index is 0.177. The molecule has 2 unspecified atom stereocenters. The molecule has 21 heavy (non-hydrogen) atoms. The molecule has 6 nitrogen and oxygen atoms in total. The van der Waals surface area contributed by atoms with Crippen LogP contribution in [0.4, 0.5) is 0 Å². The molecule has 0 saturated heterocycles. The van der Waals surface area contributed by atoms with Crippen LogP contribution in [-0.4, -0.2) is 33.1 Å². The summed E-state index contributed by atoms with van der Waals surface area (Å²) in [6, 6.07) is 6.35. The number of aryl methyl sites for hydroxylation is 1. The van der Waals surface area contributed by atoms with Gasteiger partial charge >= 0.3 is 13.6 Å². The zero-order chi connectivity index (χ0) is 16.0. The van der Waals surface area contributed by atoms with Gasteiger partial charge in [-0.3, -0.25) is 9.36 Å². The maximum Gasteiger partial charge on any atom is 0.325 e. The first-order valence-corrected chi connectivity index (χ1v) is 8.66. The van der Waals surface area contributed by atoms with Crippen molar-refractivity contribution in [3.63, 3.8) is 0 Å². The fourth-order valence-corrected chi connectivity index (χ4v) is 3.01. The normalized spacial score (nSPS) is 14.7. The smallest absolute Gasteiger partial charge is 0.325 e. The van der Waals surface area contributed by atoms with Crippen LogP contribution in [0.3, 0.4) is 0 Å². The number of rotatable bonds is 8. The van der Waals surface area contributed by atoms with E-state index in [-0.39, 0.29) is 12.1 Å². The summed E-state index contributed by atoms with van der Waals surface area (Å²) in [5, 5.41) is 9.09. The highest BCUT2D eigenvalue weighted by Gasteiger charge is 2.26. The van der Waals surface area contributed by atoms with Gasteiger partial charge in [-0.25, -0.2) is 0 Å². The lowest BCUT2D eigenvalue weighted by molar-refractivity contribution is -0.139. The third-order valence-corrected chi connectivity index (χ3v) is 4.41. The molecule has 0 fully saturated rings. The number of hydrogen-bond donors (Lipinski definition) is 4. The van der Waals surface area contributed by atoms with E-state index in [1.807, 2.05) is 31.2 Å². The second-order valence-electron chi connectivity index (χ2n) is 5.07. The Morgan fingerprint density at radius 2 is 1.95 bits per heavy atom. The van der Waals surface area contributed by atoms with E-state index in [9.17, 15) is 9.36 Å². The Kier molecular flexibility index (Phi) is 6.55. The standard InChI is InChI=1S/C14H22NO5P/c1-2-11(13(15)14(16)17)12-8-4-3-6-10(12)7-5-9-21(18,19)20/h3-4,6,8,11,13H,2,5,7,9,15H2,1H3,(H,16,17)(H2,18,19,20). The zero-order valence-corrected chi connectivity index (χ0v) is 12.9. The fourth-order valence-electron chi connectivity index (χ4n) is 2.44. The van der Waals surface area contributed by atoms with Crippen LogP contribution >= 0.6 is 7.60 Å². The Labute approximate surface area is 124 Å². The molecule has 0 heterocycles. The highest BCUT2D eigenvalue weighted by atomic mass is 31.2. The largest absolute Gasteiger partial charge is 0.480 e. The fraction of sp³-hybridized carbons (Fsp3) is 0.500. The third-order valence-electron chi connectivity index (χ3n) is 3.51. The highest BCUT2D eigenvalue weighted by molar-refractivity contribution is 7.51. The summed E-state index contributed by atoms with van der Waals surface area (Å²) in [5.74, 6) is -1.36. The molecule has 0 spiro atoms. The van der Waals surface area contributed by atoms with Crippen LogP contribution in [-0.2, 0) is 15.8 Å². The average molecular weight is 315 g/mol. The van der Waals surface area contributed by atoms with Gasteiger partial charge in [-0.2, -0.15) is 0 Å². The predicted molar refractivity (Wildman–Crippen MR) is 80.3 cm³/mol. The van der Waals surface area contributed by atoms with E-state index >= 15 is 0 Å². The van der Waals surface area contributed by atoms with Crippen LogP contribution < -0.4 is 5.73 Å². The van der Waals surface area contributed by atoms with Gasteiger partial charge in [0.05, 0.1) is 6.16 Å². The van der Waals surface area contributed by atoms with Crippen LogP contribution in [0.15, 0.2) is 24.3 Å². The van der Waals surface area contributed by atoms with E-state index < -0.39 is 19.6 Å². The average Bonchev–Trinajstić information content (AvgIpc) is 2.39. The van der Waals surface area contributed by atoms with Crippen molar-refractivity contribution in [2.24, 2.45) is 5.73 Å². The molecule has 0 bridgehead atoms. The van der Waals surface area contributed by atoms with Gasteiger partial charge in [-0.1, -0.05) is 31.2 Å². The summed E-state index contributed by atoms with van der Waals surface area (Å²) < 4.78 is 10.9. The van der Waals surface area contributed by atoms with Crippen molar-refractivity contribution in [3.05, 3.63) is 35.4 Å². The summed E-state index contributed by atoms with van der Waals surface area (Å²) in [6.45, 7) is 1.87. The molecular weight excluding hydrogens is 293 g/mol. The van der Waals surface area contributed by atoms with E-state index in [0.717, 1.165) is 11.1 Å². The van der Waals surface area contributed by atoms with E-state index in [1.165, 1.54) is 0 Å². The lowest BCUT2D eigenvalue weighted by atomic mass is 9.85. The van der Waals surface area contributed by atoms with Crippen molar-refractivity contribution in [2.45, 2.75) is 38.1 Å². The minimum Gasteiger partial charge on any atom is -0.480 e. The van der Waals surface area contributed by atoms with Gasteiger partial charge < -0.3 is 20.6 Å². The van der Waals surface area contributed by atoms with Gasteiger partial charge in [-0.15, -0.1) is 0 Å². The summed E-state index contributed by atoms with van der Waals surface area (Å²) in [4.78, 5) is 28.9. The molecular formula is C14H22NO5P. The summed E-state index contributed by atoms with van der Waals surface area (Å²) >= 11 is 0. The van der Waals surface area contributed by atoms with Gasteiger partial charge in [-0.05, 0) is 30.4 Å². The van der Waals surface area contributed by atoms with Gasteiger partial charge in [0.1, 0.15) is 6.04 Å². The van der Waals surface area contributed by atoms with Crippen molar-refractivity contribution in [3.8, 4) is 0 Å². The van der Waals surface area contributed by atoms with Gasteiger partial charge in [0.25, 0.3) is 0 Å². The molecule has 2 atom stereocenters. The van der Waals surface area contributed by atoms with Crippen LogP contribution in [0.25, 0.3) is 0 Å². The van der Waals surface area contributed by atoms with Crippen molar-refractivity contribution in [2.75, 3.05) is 6.16 Å². The molecule has 7 heteroatoms. The van der Waals surface area contributed by atoms with Gasteiger partial charge in [0, 0.05) is 5.92 Å². The van der Waals surface area contributed by atoms with Crippen molar-refractivity contribution in [1.82, 2.24) is 0 Å². The first kappa shape index (κ1) is 17.9. The highest BCUT2D eigenvalue weighted by Crippen LogP contribution is 2.36. The lowest BCUT2D eigenvalue weighted by Gasteiger charge is -2.22. The number of nitrogens with two attached hydrogens (primary N) is 1. The minimum atomic E-state index is -4.00. The molecule has 0 aromatic heterocycles. The molecule has 5 N–H and O–H groups in total. The molecule has 0 saturated carbocycles. The lowest BCUT2D eigenvalue weighted by Crippen LogP contribution is -2.36. The Morgan fingerprint density at radius 1 is 1.33 bits per heavy atom. The summed E-state index contributed by atoms with van der Waals surface area (Å²) in [5.41, 5.74) is 7.49. The van der Waals surface area contributed by atoms with Crippen molar-refractivity contribution in [1.29, 1.82) is 0 Å².